The van der Waals surface area contributed by atoms with Crippen molar-refractivity contribution in [1.82, 2.24) is 10.2 Å². The molecule has 156 valence electrons. The number of nitrogens with one attached hydrogen (secondary N) is 1. The molecule has 1 aliphatic heterocycles. The molecule has 1 saturated heterocycles. The lowest BCUT2D eigenvalue weighted by molar-refractivity contribution is -0.126. The van der Waals surface area contributed by atoms with Crippen LogP contribution in [0.25, 0.3) is 0 Å². The van der Waals surface area contributed by atoms with Crippen molar-refractivity contribution < 1.29 is 13.9 Å². The van der Waals surface area contributed by atoms with E-state index in [1.807, 2.05) is 26.0 Å². The number of ether oxygens (including phenoxy) is 1. The fraction of sp³-hybridized carbons (Fsp3) is 0.435. The van der Waals surface area contributed by atoms with E-state index in [0.29, 0.717) is 30.3 Å². The van der Waals surface area contributed by atoms with Crippen molar-refractivity contribution in [2.75, 3.05) is 26.2 Å². The van der Waals surface area contributed by atoms with Crippen LogP contribution in [-0.2, 0) is 11.3 Å². The predicted octanol–water partition coefficient (Wildman–Crippen LogP) is 4.50. The molecule has 1 fully saturated rings. The lowest BCUT2D eigenvalue weighted by Gasteiger charge is -2.31. The van der Waals surface area contributed by atoms with Gasteiger partial charge in [-0.2, -0.15) is 0 Å². The Labute approximate surface area is 177 Å². The molecule has 0 spiro atoms. The first-order chi connectivity index (χ1) is 13.9. The maximum Gasteiger partial charge on any atom is 0.223 e. The van der Waals surface area contributed by atoms with Crippen LogP contribution in [0.2, 0.25) is 5.02 Å². The van der Waals surface area contributed by atoms with Gasteiger partial charge in [0.2, 0.25) is 5.91 Å². The molecule has 0 saturated carbocycles. The van der Waals surface area contributed by atoms with E-state index < -0.39 is 0 Å². The van der Waals surface area contributed by atoms with Crippen molar-refractivity contribution in [1.29, 1.82) is 0 Å². The van der Waals surface area contributed by atoms with Gasteiger partial charge in [0.15, 0.2) is 0 Å². The van der Waals surface area contributed by atoms with Crippen LogP contribution in [0, 0.1) is 25.6 Å². The lowest BCUT2D eigenvalue weighted by atomic mass is 9.95. The number of benzene rings is 2. The minimum Gasteiger partial charge on any atom is -0.492 e. The number of rotatable bonds is 7. The Morgan fingerprint density at radius 1 is 1.17 bits per heavy atom. The summed E-state index contributed by atoms with van der Waals surface area (Å²) in [6, 6.07) is 10.9. The number of hydrogen-bond acceptors (Lipinski definition) is 3. The largest absolute Gasteiger partial charge is 0.492 e. The summed E-state index contributed by atoms with van der Waals surface area (Å²) < 4.78 is 19.7. The van der Waals surface area contributed by atoms with E-state index >= 15 is 0 Å². The van der Waals surface area contributed by atoms with Gasteiger partial charge in [-0.1, -0.05) is 23.7 Å². The normalized spacial score (nSPS) is 15.3. The van der Waals surface area contributed by atoms with E-state index in [1.54, 1.807) is 12.1 Å². The van der Waals surface area contributed by atoms with Gasteiger partial charge in [-0.15, -0.1) is 0 Å². The summed E-state index contributed by atoms with van der Waals surface area (Å²) in [5, 5.41) is 3.38. The molecule has 4 nitrogen and oxygen atoms in total. The van der Waals surface area contributed by atoms with E-state index in [2.05, 4.69) is 16.3 Å². The molecule has 1 aliphatic rings. The number of aryl methyl sites for hydroxylation is 2. The van der Waals surface area contributed by atoms with E-state index in [9.17, 15) is 9.18 Å². The zero-order valence-corrected chi connectivity index (χ0v) is 17.8. The number of piperidine rings is 1. The summed E-state index contributed by atoms with van der Waals surface area (Å²) >= 11 is 5.81. The van der Waals surface area contributed by atoms with E-state index in [1.165, 1.54) is 6.07 Å². The smallest absolute Gasteiger partial charge is 0.223 e. The first-order valence-electron chi connectivity index (χ1n) is 10.1. The third-order valence-corrected chi connectivity index (χ3v) is 5.47. The van der Waals surface area contributed by atoms with Gasteiger partial charge in [-0.25, -0.2) is 4.39 Å². The fourth-order valence-corrected chi connectivity index (χ4v) is 3.91. The second-order valence-electron chi connectivity index (χ2n) is 7.75. The first kappa shape index (κ1) is 21.6. The Bertz CT molecular complexity index is 831. The van der Waals surface area contributed by atoms with E-state index in [4.69, 9.17) is 16.3 Å². The van der Waals surface area contributed by atoms with Gasteiger partial charge in [0, 0.05) is 23.0 Å². The Morgan fingerprint density at radius 3 is 2.52 bits per heavy atom. The molecule has 0 unspecified atom stereocenters. The number of halogens is 2. The van der Waals surface area contributed by atoms with Gasteiger partial charge in [0.05, 0.1) is 6.54 Å². The van der Waals surface area contributed by atoms with Crippen molar-refractivity contribution in [3.63, 3.8) is 0 Å². The second kappa shape index (κ2) is 10.1. The molecule has 0 atom stereocenters. The molecule has 0 aromatic heterocycles. The molecule has 0 aliphatic carbocycles. The highest BCUT2D eigenvalue weighted by Gasteiger charge is 2.25. The van der Waals surface area contributed by atoms with Crippen LogP contribution < -0.4 is 10.1 Å². The molecule has 3 rings (SSSR count). The topological polar surface area (TPSA) is 41.6 Å². The first-order valence-corrected chi connectivity index (χ1v) is 10.4. The van der Waals surface area contributed by atoms with Crippen molar-refractivity contribution in [2.45, 2.75) is 33.2 Å². The molecule has 0 bridgehead atoms. The summed E-state index contributed by atoms with van der Waals surface area (Å²) in [6.07, 6.45) is 1.55. The van der Waals surface area contributed by atoms with Crippen LogP contribution >= 0.6 is 11.6 Å². The molecule has 1 heterocycles. The quantitative estimate of drug-likeness (QED) is 0.673. The molecule has 0 radical (unpaired) electrons. The van der Waals surface area contributed by atoms with E-state index in [0.717, 1.165) is 42.8 Å². The molecule has 2 aromatic rings. The highest BCUT2D eigenvalue weighted by atomic mass is 35.5. The standard InChI is InChI=1S/C23H28ClFN2O2/c1-16-11-17(2)13-21(12-16)29-10-7-26-23(28)18-5-8-27(9-6-18)15-19-3-4-20(24)14-22(19)25/h3-4,11-14,18H,5-10,15H2,1-2H3,(H,26,28). The number of carbonyl (C=O) groups is 1. The molecular formula is C23H28ClFN2O2. The summed E-state index contributed by atoms with van der Waals surface area (Å²) in [6.45, 7) is 7.11. The number of hydrogen-bond donors (Lipinski definition) is 1. The maximum atomic E-state index is 14.0. The lowest BCUT2D eigenvalue weighted by Crippen LogP contribution is -2.41. The van der Waals surface area contributed by atoms with Crippen LogP contribution in [-0.4, -0.2) is 37.0 Å². The summed E-state index contributed by atoms with van der Waals surface area (Å²) in [7, 11) is 0. The Morgan fingerprint density at radius 2 is 1.86 bits per heavy atom. The Hall–Kier alpha value is -2.11. The van der Waals surface area contributed by atoms with Gasteiger partial charge in [-0.3, -0.25) is 9.69 Å². The average Bonchev–Trinajstić information content (AvgIpc) is 2.67. The van der Waals surface area contributed by atoms with Gasteiger partial charge in [-0.05, 0) is 75.2 Å². The number of nitrogens with zero attached hydrogens (tertiary/aromatic N) is 1. The van der Waals surface area contributed by atoms with Gasteiger partial charge in [0.25, 0.3) is 0 Å². The van der Waals surface area contributed by atoms with Crippen LogP contribution in [0.3, 0.4) is 0 Å². The van der Waals surface area contributed by atoms with Crippen LogP contribution in [0.15, 0.2) is 36.4 Å². The molecule has 6 heteroatoms. The average molecular weight is 419 g/mol. The van der Waals surface area contributed by atoms with Crippen molar-refractivity contribution in [3.05, 3.63) is 63.9 Å². The SMILES string of the molecule is Cc1cc(C)cc(OCCNC(=O)C2CCN(Cc3ccc(Cl)cc3F)CC2)c1. The Kier molecular flexibility index (Phi) is 7.51. The number of amides is 1. The number of likely N-dealkylation sites (tertiary alicyclic amines) is 1. The summed E-state index contributed by atoms with van der Waals surface area (Å²) in [5.41, 5.74) is 2.96. The minimum absolute atomic E-state index is 0.00234. The maximum absolute atomic E-state index is 14.0. The molecule has 29 heavy (non-hydrogen) atoms. The van der Waals surface area contributed by atoms with Gasteiger partial charge in [0.1, 0.15) is 18.2 Å². The summed E-state index contributed by atoms with van der Waals surface area (Å²) in [5.74, 6) is 0.634. The highest BCUT2D eigenvalue weighted by Crippen LogP contribution is 2.22. The third kappa shape index (κ3) is 6.44. The monoisotopic (exact) mass is 418 g/mol. The second-order valence-corrected chi connectivity index (χ2v) is 8.19. The highest BCUT2D eigenvalue weighted by molar-refractivity contribution is 6.30. The minimum atomic E-state index is -0.277. The van der Waals surface area contributed by atoms with E-state index in [-0.39, 0.29) is 17.6 Å². The molecule has 1 N–H and O–H groups in total. The third-order valence-electron chi connectivity index (χ3n) is 5.23. The van der Waals surface area contributed by atoms with Crippen LogP contribution in [0.5, 0.6) is 5.75 Å². The molecular weight excluding hydrogens is 391 g/mol. The van der Waals surface area contributed by atoms with Crippen molar-refractivity contribution >= 4 is 17.5 Å². The number of carbonyl (C=O) groups excluding carboxylic acids is 1. The van der Waals surface area contributed by atoms with Crippen molar-refractivity contribution in [2.24, 2.45) is 5.92 Å². The summed E-state index contributed by atoms with van der Waals surface area (Å²) in [4.78, 5) is 14.6. The zero-order valence-electron chi connectivity index (χ0n) is 17.0. The van der Waals surface area contributed by atoms with Crippen LogP contribution in [0.4, 0.5) is 4.39 Å². The molecule has 2 aromatic carbocycles. The van der Waals surface area contributed by atoms with Crippen molar-refractivity contribution in [3.8, 4) is 5.75 Å². The fourth-order valence-electron chi connectivity index (χ4n) is 3.75. The van der Waals surface area contributed by atoms with Crippen LogP contribution in [0.1, 0.15) is 29.5 Å². The molecule has 1 amide bonds. The van der Waals surface area contributed by atoms with Gasteiger partial charge < -0.3 is 10.1 Å². The zero-order chi connectivity index (χ0) is 20.8. The predicted molar refractivity (Wildman–Crippen MR) is 114 cm³/mol. The Balaban J connectivity index is 1.37. The van der Waals surface area contributed by atoms with Gasteiger partial charge >= 0.3 is 0 Å².